The van der Waals surface area contributed by atoms with E-state index >= 15 is 0 Å². The summed E-state index contributed by atoms with van der Waals surface area (Å²) >= 11 is 12.2. The fourth-order valence-corrected chi connectivity index (χ4v) is 4.83. The zero-order valence-electron chi connectivity index (χ0n) is 19.0. The fraction of sp³-hybridized carbons (Fsp3) is 0.333. The molecule has 0 saturated carbocycles. The summed E-state index contributed by atoms with van der Waals surface area (Å²) in [6.45, 7) is 1.34. The van der Waals surface area contributed by atoms with Crippen molar-refractivity contribution in [2.24, 2.45) is 0 Å². The van der Waals surface area contributed by atoms with Gasteiger partial charge in [-0.25, -0.2) is 4.79 Å². The van der Waals surface area contributed by atoms with Gasteiger partial charge in [0.2, 0.25) is 12.5 Å². The van der Waals surface area contributed by atoms with E-state index in [9.17, 15) is 9.59 Å². The molecule has 0 fully saturated rings. The molecule has 1 atom stereocenters. The molecule has 10 heteroatoms. The monoisotopic (exact) mass is 571 g/mol. The van der Waals surface area contributed by atoms with Crippen LogP contribution in [0.5, 0.6) is 17.2 Å². The average Bonchev–Trinajstić information content (AvgIpc) is 3.25. The number of quaternary nitrogens is 1. The Morgan fingerprint density at radius 2 is 1.88 bits per heavy atom. The smallest absolute Gasteiger partial charge is 0.361 e. The molecule has 2 aliphatic heterocycles. The van der Waals surface area contributed by atoms with E-state index in [4.69, 9.17) is 42.1 Å². The van der Waals surface area contributed by atoms with Crippen LogP contribution in [0.15, 0.2) is 24.3 Å². The third-order valence-electron chi connectivity index (χ3n) is 5.99. The first kappa shape index (κ1) is 26.3. The molecule has 2 aromatic carbocycles. The van der Waals surface area contributed by atoms with Crippen LogP contribution in [0.25, 0.3) is 6.08 Å². The Morgan fingerprint density at radius 1 is 1.15 bits per heavy atom. The van der Waals surface area contributed by atoms with Gasteiger partial charge in [0.05, 0.1) is 38.9 Å². The third-order valence-corrected chi connectivity index (χ3v) is 6.56. The lowest BCUT2D eigenvalue weighted by Crippen LogP contribution is -3.00. The number of allylic oxidation sites excluding steroid dienone is 1. The molecular formula is C24H24BrCl2NO6. The molecule has 1 unspecified atom stereocenters. The molecule has 4 rings (SSSR count). The maximum atomic E-state index is 13.4. The van der Waals surface area contributed by atoms with Crippen molar-refractivity contribution in [2.45, 2.75) is 13.0 Å². The Balaban J connectivity index is 0.00000324. The summed E-state index contributed by atoms with van der Waals surface area (Å²) in [6.07, 6.45) is 3.68. The summed E-state index contributed by atoms with van der Waals surface area (Å²) in [6, 6.07) is 5.08. The number of fused-ring (bicyclic) bond motifs is 2. The second-order valence-electron chi connectivity index (χ2n) is 8.28. The number of carbonyl (C=O) groups excluding carboxylic acids is 2. The lowest BCUT2D eigenvalue weighted by molar-refractivity contribution is -0.917. The van der Waals surface area contributed by atoms with E-state index in [2.05, 4.69) is 0 Å². The largest absolute Gasteiger partial charge is 1.00 e. The van der Waals surface area contributed by atoms with Gasteiger partial charge in [0.25, 0.3) is 0 Å². The van der Waals surface area contributed by atoms with Gasteiger partial charge in [0.1, 0.15) is 6.54 Å². The van der Waals surface area contributed by atoms with Crippen LogP contribution in [0.2, 0.25) is 10.0 Å². The predicted octanol–water partition coefficient (Wildman–Crippen LogP) is 1.31. The topological polar surface area (TPSA) is 71.1 Å². The van der Waals surface area contributed by atoms with Crippen molar-refractivity contribution in [1.29, 1.82) is 0 Å². The van der Waals surface area contributed by atoms with Crippen molar-refractivity contribution in [2.75, 3.05) is 41.1 Å². The van der Waals surface area contributed by atoms with Crippen LogP contribution in [0, 0.1) is 0 Å². The van der Waals surface area contributed by atoms with E-state index in [-0.39, 0.29) is 42.1 Å². The van der Waals surface area contributed by atoms with Crippen molar-refractivity contribution in [3.63, 3.8) is 0 Å². The first-order valence-corrected chi connectivity index (χ1v) is 11.1. The van der Waals surface area contributed by atoms with Gasteiger partial charge in [0, 0.05) is 16.5 Å². The first-order valence-electron chi connectivity index (χ1n) is 10.4. The highest BCUT2D eigenvalue weighted by Crippen LogP contribution is 2.50. The number of rotatable bonds is 6. The zero-order valence-corrected chi connectivity index (χ0v) is 22.1. The van der Waals surface area contributed by atoms with Gasteiger partial charge in [-0.15, -0.1) is 0 Å². The van der Waals surface area contributed by atoms with Crippen molar-refractivity contribution < 1.29 is 50.0 Å². The van der Waals surface area contributed by atoms with E-state index in [1.54, 1.807) is 31.4 Å². The number of esters is 1. The van der Waals surface area contributed by atoms with Gasteiger partial charge in [0.15, 0.2) is 23.8 Å². The van der Waals surface area contributed by atoms with Crippen molar-refractivity contribution in [3.05, 3.63) is 56.6 Å². The minimum atomic E-state index is -0.292. The molecule has 0 radical (unpaired) electrons. The van der Waals surface area contributed by atoms with E-state index in [1.165, 1.54) is 13.2 Å². The zero-order chi connectivity index (χ0) is 23.8. The number of halogens is 3. The van der Waals surface area contributed by atoms with Crippen LogP contribution >= 0.6 is 23.2 Å². The summed E-state index contributed by atoms with van der Waals surface area (Å²) in [5.74, 6) is 0.800. The van der Waals surface area contributed by atoms with Gasteiger partial charge >= 0.3 is 5.97 Å². The lowest BCUT2D eigenvalue weighted by Gasteiger charge is -2.38. The van der Waals surface area contributed by atoms with Crippen LogP contribution in [-0.4, -0.2) is 57.4 Å². The summed E-state index contributed by atoms with van der Waals surface area (Å²) in [7, 11) is 4.91. The van der Waals surface area contributed by atoms with Crippen LogP contribution in [0.4, 0.5) is 0 Å². The highest BCUT2D eigenvalue weighted by Gasteiger charge is 2.40. The number of benzene rings is 2. The van der Waals surface area contributed by atoms with Crippen molar-refractivity contribution >= 4 is 41.0 Å². The predicted molar refractivity (Wildman–Crippen MR) is 124 cm³/mol. The van der Waals surface area contributed by atoms with Crippen LogP contribution in [0.1, 0.15) is 27.0 Å². The van der Waals surface area contributed by atoms with E-state index in [0.29, 0.717) is 62.4 Å². The molecule has 0 N–H and O–H groups in total. The number of ketones is 1. The van der Waals surface area contributed by atoms with E-state index in [0.717, 1.165) is 11.1 Å². The Labute approximate surface area is 218 Å². The van der Waals surface area contributed by atoms with E-state index < -0.39 is 0 Å². The van der Waals surface area contributed by atoms with Gasteiger partial charge < -0.3 is 40.4 Å². The summed E-state index contributed by atoms with van der Waals surface area (Å²) in [4.78, 5) is 25.4. The molecular weight excluding hydrogens is 549 g/mol. The SMILES string of the molecule is COC(=O)C[N+]1(C)CCc2c(c(OC)c3c(c2C(=O)C=Cc2ccc(Cl)cc2Cl)OCO3)C1.[Br-]. The van der Waals surface area contributed by atoms with Crippen molar-refractivity contribution in [1.82, 2.24) is 0 Å². The maximum absolute atomic E-state index is 13.4. The molecule has 0 spiro atoms. The van der Waals surface area contributed by atoms with E-state index in [1.807, 2.05) is 7.05 Å². The summed E-state index contributed by atoms with van der Waals surface area (Å²) in [5.41, 5.74) is 2.80. The standard InChI is InChI=1S/C24H24Cl2NO6.BrH/c1-27(12-20(29)30-2)9-8-16-17(11-27)22(31-3)24-23(32-13-33-24)21(16)19(28)7-5-14-4-6-15(25)10-18(14)26;/h4-7,10H,8-9,11-13H2,1-3H3;1H/q+1;/p-1. The Morgan fingerprint density at radius 3 is 2.56 bits per heavy atom. The van der Waals surface area contributed by atoms with Crippen LogP contribution in [-0.2, 0) is 22.5 Å². The molecule has 2 heterocycles. The fourth-order valence-electron chi connectivity index (χ4n) is 4.35. The minimum absolute atomic E-state index is 0. The number of hydrogen-bond donors (Lipinski definition) is 0. The number of carbonyl (C=O) groups is 2. The molecule has 0 bridgehead atoms. The molecule has 182 valence electrons. The second kappa shape index (κ2) is 10.6. The highest BCUT2D eigenvalue weighted by molar-refractivity contribution is 6.35. The van der Waals surface area contributed by atoms with Crippen LogP contribution < -0.4 is 31.2 Å². The van der Waals surface area contributed by atoms with Crippen molar-refractivity contribution in [3.8, 4) is 17.2 Å². The van der Waals surface area contributed by atoms with Gasteiger partial charge in [-0.3, -0.25) is 4.79 Å². The molecule has 0 amide bonds. The molecule has 7 nitrogen and oxygen atoms in total. The maximum Gasteiger partial charge on any atom is 0.361 e. The summed E-state index contributed by atoms with van der Waals surface area (Å²) < 4.78 is 22.4. The normalized spacial score (nSPS) is 18.3. The van der Waals surface area contributed by atoms with Gasteiger partial charge in [-0.2, -0.15) is 0 Å². The first-order chi connectivity index (χ1) is 15.8. The summed E-state index contributed by atoms with van der Waals surface area (Å²) in [5, 5.41) is 0.966. The second-order valence-corrected chi connectivity index (χ2v) is 9.12. The average molecular weight is 573 g/mol. The Kier molecular flexibility index (Phi) is 8.18. The lowest BCUT2D eigenvalue weighted by atomic mass is 9.89. The number of nitrogens with zero attached hydrogens (tertiary/aromatic N) is 1. The number of methoxy groups -OCH3 is 2. The molecule has 0 saturated heterocycles. The minimum Gasteiger partial charge on any atom is -1.00 e. The quantitative estimate of drug-likeness (QED) is 0.225. The Hall–Kier alpha value is -2.26. The number of ether oxygens (including phenoxy) is 4. The van der Waals surface area contributed by atoms with Gasteiger partial charge in [-0.1, -0.05) is 29.3 Å². The third kappa shape index (κ3) is 5.05. The Bertz CT molecular complexity index is 1170. The van der Waals surface area contributed by atoms with Crippen LogP contribution in [0.3, 0.4) is 0 Å². The number of hydrogen-bond acceptors (Lipinski definition) is 6. The molecule has 2 aromatic rings. The molecule has 0 aromatic heterocycles. The molecule has 2 aliphatic rings. The molecule has 0 aliphatic carbocycles. The van der Waals surface area contributed by atoms with Gasteiger partial charge in [-0.05, 0) is 35.4 Å². The highest BCUT2D eigenvalue weighted by atomic mass is 79.9. The number of likely N-dealkylation sites (N-methyl/N-ethyl adjacent to an activating group) is 1. The molecule has 34 heavy (non-hydrogen) atoms.